The summed E-state index contributed by atoms with van der Waals surface area (Å²) in [5, 5.41) is 3.35. The molecule has 1 aromatic carbocycles. The van der Waals surface area contributed by atoms with Crippen LogP contribution in [-0.4, -0.2) is 19.7 Å². The van der Waals surface area contributed by atoms with E-state index in [0.717, 1.165) is 22.9 Å². The highest BCUT2D eigenvalue weighted by atomic mass is 32.1. The van der Waals surface area contributed by atoms with Crippen LogP contribution < -0.4 is 10.1 Å². The van der Waals surface area contributed by atoms with E-state index in [0.29, 0.717) is 13.0 Å². The SMILES string of the molecule is CCOc1ccc(NCc2ccc(CC(=O)OC)s2)cc1. The van der Waals surface area contributed by atoms with Crippen molar-refractivity contribution in [2.24, 2.45) is 0 Å². The molecule has 0 spiro atoms. The lowest BCUT2D eigenvalue weighted by Crippen LogP contribution is -2.02. The summed E-state index contributed by atoms with van der Waals surface area (Å²) in [5.41, 5.74) is 1.04. The van der Waals surface area contributed by atoms with Gasteiger partial charge >= 0.3 is 5.97 Å². The van der Waals surface area contributed by atoms with Gasteiger partial charge in [0.15, 0.2) is 0 Å². The van der Waals surface area contributed by atoms with Crippen LogP contribution in [0, 0.1) is 0 Å². The second-order valence-corrected chi connectivity index (χ2v) is 5.68. The average molecular weight is 305 g/mol. The quantitative estimate of drug-likeness (QED) is 0.796. The predicted molar refractivity (Wildman–Crippen MR) is 85.0 cm³/mol. The van der Waals surface area contributed by atoms with E-state index in [1.807, 2.05) is 43.3 Å². The van der Waals surface area contributed by atoms with Gasteiger partial charge in [-0.05, 0) is 43.3 Å². The van der Waals surface area contributed by atoms with Gasteiger partial charge in [-0.1, -0.05) is 0 Å². The van der Waals surface area contributed by atoms with Crippen molar-refractivity contribution in [2.45, 2.75) is 19.9 Å². The largest absolute Gasteiger partial charge is 0.494 e. The molecule has 0 atom stereocenters. The van der Waals surface area contributed by atoms with Gasteiger partial charge in [0.2, 0.25) is 0 Å². The van der Waals surface area contributed by atoms with E-state index in [2.05, 4.69) is 10.1 Å². The van der Waals surface area contributed by atoms with Crippen molar-refractivity contribution in [3.8, 4) is 5.75 Å². The topological polar surface area (TPSA) is 47.6 Å². The van der Waals surface area contributed by atoms with Crippen LogP contribution in [0.4, 0.5) is 5.69 Å². The fraction of sp³-hybridized carbons (Fsp3) is 0.312. The molecule has 0 aliphatic heterocycles. The number of benzene rings is 1. The van der Waals surface area contributed by atoms with Crippen molar-refractivity contribution in [2.75, 3.05) is 19.0 Å². The van der Waals surface area contributed by atoms with E-state index in [4.69, 9.17) is 4.74 Å². The maximum atomic E-state index is 11.2. The molecule has 0 saturated carbocycles. The van der Waals surface area contributed by atoms with Gasteiger partial charge in [0.05, 0.1) is 20.1 Å². The second kappa shape index (κ2) is 7.69. The first-order valence-corrected chi connectivity index (χ1v) is 7.64. The summed E-state index contributed by atoms with van der Waals surface area (Å²) in [4.78, 5) is 13.4. The third-order valence-corrected chi connectivity index (χ3v) is 3.98. The van der Waals surface area contributed by atoms with Crippen molar-refractivity contribution >= 4 is 23.0 Å². The summed E-state index contributed by atoms with van der Waals surface area (Å²) in [6.45, 7) is 3.37. The molecule has 1 heterocycles. The Hall–Kier alpha value is -2.01. The zero-order valence-corrected chi connectivity index (χ0v) is 13.0. The Kier molecular flexibility index (Phi) is 5.63. The van der Waals surface area contributed by atoms with Gasteiger partial charge in [-0.3, -0.25) is 4.79 Å². The Labute approximate surface area is 128 Å². The molecule has 0 unspecified atom stereocenters. The van der Waals surface area contributed by atoms with Gasteiger partial charge in [-0.25, -0.2) is 0 Å². The Bertz CT molecular complexity index is 577. The molecule has 2 rings (SSSR count). The van der Waals surface area contributed by atoms with Crippen LogP contribution in [0.5, 0.6) is 5.75 Å². The molecule has 0 aliphatic carbocycles. The summed E-state index contributed by atoms with van der Waals surface area (Å²) >= 11 is 1.62. The van der Waals surface area contributed by atoms with Crippen LogP contribution in [0.15, 0.2) is 36.4 Å². The summed E-state index contributed by atoms with van der Waals surface area (Å²) in [5.74, 6) is 0.669. The monoisotopic (exact) mass is 305 g/mol. The van der Waals surface area contributed by atoms with Crippen LogP contribution in [0.3, 0.4) is 0 Å². The molecule has 21 heavy (non-hydrogen) atoms. The van der Waals surface area contributed by atoms with Crippen molar-refractivity contribution in [3.63, 3.8) is 0 Å². The van der Waals surface area contributed by atoms with E-state index < -0.39 is 0 Å². The number of hydrogen-bond donors (Lipinski definition) is 1. The molecular formula is C16H19NO3S. The van der Waals surface area contributed by atoms with E-state index >= 15 is 0 Å². The van der Waals surface area contributed by atoms with Gasteiger partial charge in [-0.2, -0.15) is 0 Å². The van der Waals surface area contributed by atoms with Crippen molar-refractivity contribution < 1.29 is 14.3 Å². The van der Waals surface area contributed by atoms with Crippen molar-refractivity contribution in [1.29, 1.82) is 0 Å². The molecular weight excluding hydrogens is 286 g/mol. The smallest absolute Gasteiger partial charge is 0.310 e. The number of esters is 1. The molecule has 0 amide bonds. The number of methoxy groups -OCH3 is 1. The van der Waals surface area contributed by atoms with Gasteiger partial charge < -0.3 is 14.8 Å². The number of anilines is 1. The van der Waals surface area contributed by atoms with Crippen LogP contribution in [0.25, 0.3) is 0 Å². The number of hydrogen-bond acceptors (Lipinski definition) is 5. The van der Waals surface area contributed by atoms with E-state index in [1.165, 1.54) is 12.0 Å². The maximum absolute atomic E-state index is 11.2. The Morgan fingerprint density at radius 2 is 1.86 bits per heavy atom. The molecule has 0 fully saturated rings. The molecule has 4 nitrogen and oxygen atoms in total. The third-order valence-electron chi connectivity index (χ3n) is 2.90. The fourth-order valence-electron chi connectivity index (χ4n) is 1.85. The minimum atomic E-state index is -0.206. The summed E-state index contributed by atoms with van der Waals surface area (Å²) in [6, 6.07) is 11.9. The lowest BCUT2D eigenvalue weighted by molar-refractivity contribution is -0.139. The highest BCUT2D eigenvalue weighted by Crippen LogP contribution is 2.20. The number of carbonyl (C=O) groups excluding carboxylic acids is 1. The lowest BCUT2D eigenvalue weighted by atomic mass is 10.3. The molecule has 0 aliphatic rings. The highest BCUT2D eigenvalue weighted by Gasteiger charge is 2.06. The molecule has 0 radical (unpaired) electrons. The number of rotatable bonds is 7. The van der Waals surface area contributed by atoms with Gasteiger partial charge in [0.25, 0.3) is 0 Å². The Morgan fingerprint density at radius 1 is 1.14 bits per heavy atom. The number of carbonyl (C=O) groups is 1. The first kappa shape index (κ1) is 15.4. The van der Waals surface area contributed by atoms with Crippen molar-refractivity contribution in [1.82, 2.24) is 0 Å². The number of nitrogens with one attached hydrogen (secondary N) is 1. The van der Waals surface area contributed by atoms with Crippen LogP contribution >= 0.6 is 11.3 Å². The third kappa shape index (κ3) is 4.79. The number of thiophene rings is 1. The fourth-order valence-corrected chi connectivity index (χ4v) is 2.79. The summed E-state index contributed by atoms with van der Waals surface area (Å²) < 4.78 is 10.1. The summed E-state index contributed by atoms with van der Waals surface area (Å²) in [6.07, 6.45) is 0.338. The van der Waals surface area contributed by atoms with E-state index in [1.54, 1.807) is 11.3 Å². The Morgan fingerprint density at radius 3 is 2.52 bits per heavy atom. The summed E-state index contributed by atoms with van der Waals surface area (Å²) in [7, 11) is 1.41. The second-order valence-electron chi connectivity index (χ2n) is 4.43. The van der Waals surface area contributed by atoms with Crippen LogP contribution in [0.2, 0.25) is 0 Å². The molecule has 1 aromatic heterocycles. The first-order chi connectivity index (χ1) is 10.2. The molecule has 2 aromatic rings. The zero-order valence-electron chi connectivity index (χ0n) is 12.2. The zero-order chi connectivity index (χ0) is 15.1. The van der Waals surface area contributed by atoms with Crippen LogP contribution in [-0.2, 0) is 22.5 Å². The first-order valence-electron chi connectivity index (χ1n) is 6.82. The van der Waals surface area contributed by atoms with E-state index in [9.17, 15) is 4.79 Å². The van der Waals surface area contributed by atoms with Crippen molar-refractivity contribution in [3.05, 3.63) is 46.2 Å². The average Bonchev–Trinajstić information content (AvgIpc) is 2.94. The standard InChI is InChI=1S/C16H19NO3S/c1-3-20-13-6-4-12(5-7-13)17-11-15-9-8-14(21-15)10-16(18)19-2/h4-9,17H,3,10-11H2,1-2H3. The van der Waals surface area contributed by atoms with Crippen LogP contribution in [0.1, 0.15) is 16.7 Å². The Balaban J connectivity index is 1.86. The van der Waals surface area contributed by atoms with Gasteiger partial charge in [-0.15, -0.1) is 11.3 Å². The minimum absolute atomic E-state index is 0.206. The lowest BCUT2D eigenvalue weighted by Gasteiger charge is -2.07. The predicted octanol–water partition coefficient (Wildman–Crippen LogP) is 3.47. The van der Waals surface area contributed by atoms with E-state index in [-0.39, 0.29) is 5.97 Å². The number of ether oxygens (including phenoxy) is 2. The molecule has 112 valence electrons. The minimum Gasteiger partial charge on any atom is -0.494 e. The highest BCUT2D eigenvalue weighted by molar-refractivity contribution is 7.12. The molecule has 0 saturated heterocycles. The molecule has 0 bridgehead atoms. The maximum Gasteiger partial charge on any atom is 0.310 e. The molecule has 5 heteroatoms. The van der Waals surface area contributed by atoms with Gasteiger partial charge in [0, 0.05) is 22.0 Å². The normalized spacial score (nSPS) is 10.2. The van der Waals surface area contributed by atoms with Gasteiger partial charge in [0.1, 0.15) is 5.75 Å². The molecule has 1 N–H and O–H groups in total.